The van der Waals surface area contributed by atoms with E-state index in [9.17, 15) is 9.90 Å². The van der Waals surface area contributed by atoms with Gasteiger partial charge in [-0.3, -0.25) is 4.79 Å². The van der Waals surface area contributed by atoms with Crippen LogP contribution in [0.1, 0.15) is 17.2 Å². The van der Waals surface area contributed by atoms with E-state index in [0.29, 0.717) is 6.42 Å². The molecule has 0 spiro atoms. The first-order valence-electron chi connectivity index (χ1n) is 4.57. The fourth-order valence-electron chi connectivity index (χ4n) is 1.94. The Kier molecular flexibility index (Phi) is 2.25. The second-order valence-electron chi connectivity index (χ2n) is 3.48. The van der Waals surface area contributed by atoms with Crippen LogP contribution in [-0.4, -0.2) is 18.2 Å². The van der Waals surface area contributed by atoms with Gasteiger partial charge in [0.25, 0.3) is 0 Å². The number of esters is 1. The number of methoxy groups -OCH3 is 1. The molecule has 1 aromatic carbocycles. The summed E-state index contributed by atoms with van der Waals surface area (Å²) >= 11 is 0. The van der Waals surface area contributed by atoms with Gasteiger partial charge in [-0.05, 0) is 17.5 Å². The first-order valence-corrected chi connectivity index (χ1v) is 4.57. The van der Waals surface area contributed by atoms with Gasteiger partial charge in [0.15, 0.2) is 0 Å². The molecule has 1 aliphatic carbocycles. The minimum absolute atomic E-state index is 0.339. The third kappa shape index (κ3) is 1.30. The summed E-state index contributed by atoms with van der Waals surface area (Å²) in [6.45, 7) is 0. The van der Waals surface area contributed by atoms with E-state index >= 15 is 0 Å². The molecule has 0 aromatic heterocycles. The molecule has 0 saturated carbocycles. The molecule has 3 heteroatoms. The summed E-state index contributed by atoms with van der Waals surface area (Å²) in [4.78, 5) is 11.3. The Morgan fingerprint density at radius 2 is 2.21 bits per heavy atom. The molecular formula is C11H12O3. The molecule has 0 amide bonds. The van der Waals surface area contributed by atoms with E-state index in [0.717, 1.165) is 11.1 Å². The second-order valence-corrected chi connectivity index (χ2v) is 3.48. The number of fused-ring (bicyclic) bond motifs is 1. The lowest BCUT2D eigenvalue weighted by molar-refractivity contribution is -0.148. The Morgan fingerprint density at radius 3 is 2.86 bits per heavy atom. The third-order valence-electron chi connectivity index (χ3n) is 2.70. The highest BCUT2D eigenvalue weighted by Crippen LogP contribution is 2.36. The fourth-order valence-corrected chi connectivity index (χ4v) is 1.94. The lowest BCUT2D eigenvalue weighted by atomic mass is 10.0. The summed E-state index contributed by atoms with van der Waals surface area (Å²) in [6.07, 6.45) is -0.136. The molecule has 2 rings (SSSR count). The van der Waals surface area contributed by atoms with Crippen molar-refractivity contribution in [3.8, 4) is 0 Å². The van der Waals surface area contributed by atoms with Gasteiger partial charge in [-0.1, -0.05) is 24.3 Å². The van der Waals surface area contributed by atoms with Gasteiger partial charge in [-0.2, -0.15) is 0 Å². The summed E-state index contributed by atoms with van der Waals surface area (Å²) in [5.41, 5.74) is 1.89. The van der Waals surface area contributed by atoms with Crippen molar-refractivity contribution in [3.63, 3.8) is 0 Å². The van der Waals surface area contributed by atoms with E-state index in [1.165, 1.54) is 7.11 Å². The van der Waals surface area contributed by atoms with Crippen LogP contribution in [-0.2, 0) is 16.0 Å². The van der Waals surface area contributed by atoms with Crippen molar-refractivity contribution >= 4 is 5.97 Å². The summed E-state index contributed by atoms with van der Waals surface area (Å²) in [5, 5.41) is 9.84. The van der Waals surface area contributed by atoms with Gasteiger partial charge in [0.1, 0.15) is 0 Å². The predicted octanol–water partition coefficient (Wildman–Crippen LogP) is 1.07. The Hall–Kier alpha value is -1.35. The van der Waals surface area contributed by atoms with Crippen molar-refractivity contribution in [2.45, 2.75) is 12.5 Å². The number of benzene rings is 1. The van der Waals surface area contributed by atoms with E-state index < -0.39 is 12.0 Å². The van der Waals surface area contributed by atoms with Crippen LogP contribution < -0.4 is 0 Å². The lowest BCUT2D eigenvalue weighted by Crippen LogP contribution is -2.20. The lowest BCUT2D eigenvalue weighted by Gasteiger charge is -2.11. The Morgan fingerprint density at radius 1 is 1.50 bits per heavy atom. The first kappa shape index (κ1) is 9.21. The number of hydrogen-bond acceptors (Lipinski definition) is 3. The third-order valence-corrected chi connectivity index (χ3v) is 2.70. The normalized spacial score (nSPS) is 24.4. The number of hydrogen-bond donors (Lipinski definition) is 1. The van der Waals surface area contributed by atoms with Crippen LogP contribution in [0, 0.1) is 5.92 Å². The molecule has 74 valence electrons. The Labute approximate surface area is 82.3 Å². The highest BCUT2D eigenvalue weighted by Gasteiger charge is 2.36. The minimum atomic E-state index is -0.710. The van der Waals surface area contributed by atoms with E-state index in [1.54, 1.807) is 0 Å². The molecule has 0 fully saturated rings. The van der Waals surface area contributed by atoms with Gasteiger partial charge < -0.3 is 9.84 Å². The average molecular weight is 192 g/mol. The van der Waals surface area contributed by atoms with Crippen LogP contribution in [0.25, 0.3) is 0 Å². The molecule has 0 saturated heterocycles. The van der Waals surface area contributed by atoms with Gasteiger partial charge >= 0.3 is 5.97 Å². The van der Waals surface area contributed by atoms with Crippen molar-refractivity contribution < 1.29 is 14.6 Å². The van der Waals surface area contributed by atoms with E-state index in [4.69, 9.17) is 0 Å². The molecule has 1 aromatic rings. The molecule has 14 heavy (non-hydrogen) atoms. The van der Waals surface area contributed by atoms with Gasteiger partial charge in [-0.25, -0.2) is 0 Å². The zero-order chi connectivity index (χ0) is 10.1. The largest absolute Gasteiger partial charge is 0.469 e. The van der Waals surface area contributed by atoms with E-state index in [2.05, 4.69) is 4.74 Å². The molecule has 0 unspecified atom stereocenters. The summed E-state index contributed by atoms with van der Waals surface area (Å²) in [6, 6.07) is 7.55. The molecule has 0 heterocycles. The maximum Gasteiger partial charge on any atom is 0.311 e. The standard InChI is InChI=1S/C11H12O3/c1-14-11(13)9-6-7-4-2-3-5-8(7)10(9)12/h2-5,9-10,12H,6H2,1H3/t9-,10+/m0/s1. The zero-order valence-corrected chi connectivity index (χ0v) is 7.93. The second kappa shape index (κ2) is 3.42. The zero-order valence-electron chi connectivity index (χ0n) is 7.93. The summed E-state index contributed by atoms with van der Waals surface area (Å²) < 4.78 is 4.64. The molecule has 1 N–H and O–H groups in total. The number of aliphatic hydroxyl groups is 1. The van der Waals surface area contributed by atoms with Gasteiger partial charge in [0.05, 0.1) is 19.1 Å². The molecule has 2 atom stereocenters. The van der Waals surface area contributed by atoms with Crippen molar-refractivity contribution in [2.75, 3.05) is 7.11 Å². The van der Waals surface area contributed by atoms with E-state index in [1.807, 2.05) is 24.3 Å². The van der Waals surface area contributed by atoms with Crippen LogP contribution in [0.15, 0.2) is 24.3 Å². The van der Waals surface area contributed by atoms with Crippen LogP contribution in [0.3, 0.4) is 0 Å². The molecule has 0 radical (unpaired) electrons. The van der Waals surface area contributed by atoms with Crippen LogP contribution in [0.5, 0.6) is 0 Å². The summed E-state index contributed by atoms with van der Waals surface area (Å²) in [5.74, 6) is -0.772. The molecule has 0 aliphatic heterocycles. The number of rotatable bonds is 1. The van der Waals surface area contributed by atoms with Crippen LogP contribution in [0.4, 0.5) is 0 Å². The smallest absolute Gasteiger partial charge is 0.311 e. The van der Waals surface area contributed by atoms with Gasteiger partial charge in [-0.15, -0.1) is 0 Å². The monoisotopic (exact) mass is 192 g/mol. The number of carbonyl (C=O) groups excluding carboxylic acids is 1. The average Bonchev–Trinajstić information content (AvgIpc) is 2.56. The van der Waals surface area contributed by atoms with Crippen molar-refractivity contribution in [3.05, 3.63) is 35.4 Å². The van der Waals surface area contributed by atoms with Crippen molar-refractivity contribution in [1.82, 2.24) is 0 Å². The van der Waals surface area contributed by atoms with Gasteiger partial charge in [0.2, 0.25) is 0 Å². The number of carbonyl (C=O) groups is 1. The molecular weight excluding hydrogens is 180 g/mol. The van der Waals surface area contributed by atoms with Gasteiger partial charge in [0, 0.05) is 0 Å². The van der Waals surface area contributed by atoms with Crippen molar-refractivity contribution in [2.24, 2.45) is 5.92 Å². The Bertz CT molecular complexity index is 359. The number of ether oxygens (including phenoxy) is 1. The van der Waals surface area contributed by atoms with Crippen LogP contribution >= 0.6 is 0 Å². The topological polar surface area (TPSA) is 46.5 Å². The maximum absolute atomic E-state index is 11.3. The minimum Gasteiger partial charge on any atom is -0.469 e. The molecule has 1 aliphatic rings. The fraction of sp³-hybridized carbons (Fsp3) is 0.364. The first-order chi connectivity index (χ1) is 6.74. The van der Waals surface area contributed by atoms with E-state index in [-0.39, 0.29) is 5.97 Å². The highest BCUT2D eigenvalue weighted by molar-refractivity contribution is 5.75. The highest BCUT2D eigenvalue weighted by atomic mass is 16.5. The molecule has 0 bridgehead atoms. The molecule has 3 nitrogen and oxygen atoms in total. The maximum atomic E-state index is 11.3. The summed E-state index contributed by atoms with van der Waals surface area (Å²) in [7, 11) is 1.35. The number of aliphatic hydroxyl groups excluding tert-OH is 1. The SMILES string of the molecule is COC(=O)[C@H]1Cc2ccccc2[C@H]1O. The van der Waals surface area contributed by atoms with Crippen LogP contribution in [0.2, 0.25) is 0 Å². The van der Waals surface area contributed by atoms with Crippen molar-refractivity contribution in [1.29, 1.82) is 0 Å². The predicted molar refractivity (Wildman–Crippen MR) is 50.6 cm³/mol. The Balaban J connectivity index is 2.30. The quantitative estimate of drug-likeness (QED) is 0.677.